The lowest BCUT2D eigenvalue weighted by molar-refractivity contribution is 0.0911. The van der Waals surface area contributed by atoms with Gasteiger partial charge in [0.05, 0.1) is 11.3 Å². The largest absolute Gasteiger partial charge is 0.486 e. The van der Waals surface area contributed by atoms with Gasteiger partial charge in [-0.3, -0.25) is 4.79 Å². The average Bonchev–Trinajstić information content (AvgIpc) is 2.88. The van der Waals surface area contributed by atoms with Gasteiger partial charge in [-0.25, -0.2) is 0 Å². The number of aromatic nitrogens is 1. The average molecular weight is 313 g/mol. The first-order valence-electron chi connectivity index (χ1n) is 7.91. The molecule has 4 rings (SSSR count). The van der Waals surface area contributed by atoms with E-state index in [-0.39, 0.29) is 11.2 Å². The summed E-state index contributed by atoms with van der Waals surface area (Å²) in [4.78, 5) is 12.5. The van der Waals surface area contributed by atoms with Gasteiger partial charge in [-0.2, -0.15) is 0 Å². The molecule has 5 nitrogen and oxygen atoms in total. The Hall–Kier alpha value is -2.30. The summed E-state index contributed by atoms with van der Waals surface area (Å²) in [5.41, 5.74) is 2.44. The molecule has 0 saturated heterocycles. The van der Waals surface area contributed by atoms with E-state index in [1.54, 1.807) is 0 Å². The fourth-order valence-electron chi connectivity index (χ4n) is 3.34. The lowest BCUT2D eigenvalue weighted by Gasteiger charge is -2.26. The van der Waals surface area contributed by atoms with Crippen LogP contribution in [0.5, 0.6) is 11.5 Å². The van der Waals surface area contributed by atoms with Gasteiger partial charge in [-0.15, -0.1) is 0 Å². The highest BCUT2D eigenvalue weighted by Gasteiger charge is 2.36. The SMILES string of the molecule is CC1(C)CC(=O)c2c(noc2Cc2ccc3c(c2)OCCO3)C1. The highest BCUT2D eigenvalue weighted by Crippen LogP contribution is 2.37. The molecule has 1 aromatic carbocycles. The van der Waals surface area contributed by atoms with E-state index in [2.05, 4.69) is 19.0 Å². The van der Waals surface area contributed by atoms with Crippen LogP contribution in [0.4, 0.5) is 0 Å². The lowest BCUT2D eigenvalue weighted by Crippen LogP contribution is -2.27. The molecular formula is C18H19NO4. The maximum Gasteiger partial charge on any atom is 0.168 e. The summed E-state index contributed by atoms with van der Waals surface area (Å²) in [5, 5.41) is 4.13. The van der Waals surface area contributed by atoms with Crippen LogP contribution in [0, 0.1) is 5.41 Å². The Labute approximate surface area is 134 Å². The van der Waals surface area contributed by atoms with E-state index in [1.165, 1.54) is 0 Å². The van der Waals surface area contributed by atoms with Gasteiger partial charge >= 0.3 is 0 Å². The van der Waals surface area contributed by atoms with Crippen molar-refractivity contribution in [1.29, 1.82) is 0 Å². The molecule has 0 radical (unpaired) electrons. The molecule has 0 saturated carbocycles. The number of rotatable bonds is 2. The fraction of sp³-hybridized carbons (Fsp3) is 0.444. The molecule has 23 heavy (non-hydrogen) atoms. The molecule has 0 bridgehead atoms. The van der Waals surface area contributed by atoms with Crippen LogP contribution < -0.4 is 9.47 Å². The van der Waals surface area contributed by atoms with Crippen molar-refractivity contribution in [3.05, 3.63) is 40.8 Å². The summed E-state index contributed by atoms with van der Waals surface area (Å²) in [6.07, 6.45) is 1.85. The van der Waals surface area contributed by atoms with Gasteiger partial charge in [-0.1, -0.05) is 25.1 Å². The van der Waals surface area contributed by atoms with Gasteiger partial charge in [0, 0.05) is 12.8 Å². The summed E-state index contributed by atoms with van der Waals surface area (Å²) in [5.74, 6) is 2.29. The third-order valence-electron chi connectivity index (χ3n) is 4.37. The molecule has 2 heterocycles. The van der Waals surface area contributed by atoms with E-state index in [0.29, 0.717) is 37.4 Å². The Bertz CT molecular complexity index is 775. The van der Waals surface area contributed by atoms with Crippen LogP contribution in [0.1, 0.15) is 47.6 Å². The third-order valence-corrected chi connectivity index (χ3v) is 4.37. The minimum atomic E-state index is -0.0464. The molecule has 0 fully saturated rings. The van der Waals surface area contributed by atoms with Crippen molar-refractivity contribution in [3.8, 4) is 11.5 Å². The van der Waals surface area contributed by atoms with E-state index >= 15 is 0 Å². The van der Waals surface area contributed by atoms with Gasteiger partial charge in [-0.05, 0) is 29.5 Å². The maximum atomic E-state index is 12.5. The zero-order valence-corrected chi connectivity index (χ0v) is 13.3. The van der Waals surface area contributed by atoms with Crippen LogP contribution in [0.3, 0.4) is 0 Å². The predicted octanol–water partition coefficient (Wildman–Crippen LogP) is 3.19. The van der Waals surface area contributed by atoms with Crippen LogP contribution in [-0.4, -0.2) is 24.2 Å². The fourth-order valence-corrected chi connectivity index (χ4v) is 3.34. The summed E-state index contributed by atoms with van der Waals surface area (Å²) in [6.45, 7) is 5.31. The minimum Gasteiger partial charge on any atom is -0.486 e. The van der Waals surface area contributed by atoms with Crippen LogP contribution in [-0.2, 0) is 12.8 Å². The number of ether oxygens (including phenoxy) is 2. The Morgan fingerprint density at radius 3 is 2.74 bits per heavy atom. The van der Waals surface area contributed by atoms with Crippen molar-refractivity contribution in [2.24, 2.45) is 5.41 Å². The second-order valence-electron chi connectivity index (χ2n) is 7.02. The molecule has 120 valence electrons. The molecule has 1 aromatic heterocycles. The summed E-state index contributed by atoms with van der Waals surface area (Å²) in [6, 6.07) is 5.82. The summed E-state index contributed by atoms with van der Waals surface area (Å²) in [7, 11) is 0. The van der Waals surface area contributed by atoms with E-state index in [1.807, 2.05) is 18.2 Å². The number of carbonyl (C=O) groups is 1. The van der Waals surface area contributed by atoms with Gasteiger partial charge < -0.3 is 14.0 Å². The van der Waals surface area contributed by atoms with Gasteiger partial charge in [0.2, 0.25) is 0 Å². The molecular weight excluding hydrogens is 294 g/mol. The topological polar surface area (TPSA) is 61.6 Å². The normalized spacial score (nSPS) is 18.6. The number of Topliss-reactive ketones (excluding diaryl/α,β-unsaturated/α-hetero) is 1. The number of hydrogen-bond donors (Lipinski definition) is 0. The summed E-state index contributed by atoms with van der Waals surface area (Å²) >= 11 is 0. The minimum absolute atomic E-state index is 0.0464. The highest BCUT2D eigenvalue weighted by molar-refractivity contribution is 5.99. The van der Waals surface area contributed by atoms with Crippen molar-refractivity contribution in [2.75, 3.05) is 13.2 Å². The molecule has 2 aromatic rings. The number of ketones is 1. The summed E-state index contributed by atoms with van der Waals surface area (Å²) < 4.78 is 16.6. The van der Waals surface area contributed by atoms with Crippen LogP contribution in [0.25, 0.3) is 0 Å². The standard InChI is InChI=1S/C18H19NO4/c1-18(2)9-12-17(13(20)10-18)16(23-19-12)8-11-3-4-14-15(7-11)22-6-5-21-14/h3-4,7H,5-6,8-10H2,1-2H3. The highest BCUT2D eigenvalue weighted by atomic mass is 16.6. The molecule has 1 aliphatic carbocycles. The van der Waals surface area contributed by atoms with Crippen molar-refractivity contribution in [2.45, 2.75) is 33.1 Å². The van der Waals surface area contributed by atoms with E-state index in [4.69, 9.17) is 14.0 Å². The van der Waals surface area contributed by atoms with Gasteiger partial charge in [0.15, 0.2) is 23.0 Å². The molecule has 5 heteroatoms. The quantitative estimate of drug-likeness (QED) is 0.852. The van der Waals surface area contributed by atoms with Crippen LogP contribution >= 0.6 is 0 Å². The molecule has 0 unspecified atom stereocenters. The zero-order valence-electron chi connectivity index (χ0n) is 13.3. The Morgan fingerprint density at radius 1 is 1.13 bits per heavy atom. The second-order valence-corrected chi connectivity index (χ2v) is 7.02. The van der Waals surface area contributed by atoms with Gasteiger partial charge in [0.1, 0.15) is 13.2 Å². The maximum absolute atomic E-state index is 12.5. The predicted molar refractivity (Wildman–Crippen MR) is 83.2 cm³/mol. The number of benzene rings is 1. The third kappa shape index (κ3) is 2.60. The molecule has 1 aliphatic heterocycles. The van der Waals surface area contributed by atoms with Crippen molar-refractivity contribution < 1.29 is 18.8 Å². The Balaban J connectivity index is 1.63. The first-order chi connectivity index (χ1) is 11.0. The second kappa shape index (κ2) is 5.11. The zero-order chi connectivity index (χ0) is 16.0. The molecule has 2 aliphatic rings. The van der Waals surface area contributed by atoms with Crippen molar-refractivity contribution in [3.63, 3.8) is 0 Å². The number of fused-ring (bicyclic) bond motifs is 2. The monoisotopic (exact) mass is 313 g/mol. The van der Waals surface area contributed by atoms with Crippen molar-refractivity contribution >= 4 is 5.78 Å². The first-order valence-corrected chi connectivity index (χ1v) is 7.91. The number of hydrogen-bond acceptors (Lipinski definition) is 5. The van der Waals surface area contributed by atoms with Crippen molar-refractivity contribution in [1.82, 2.24) is 5.16 Å². The lowest BCUT2D eigenvalue weighted by atomic mass is 9.75. The van der Waals surface area contributed by atoms with E-state index < -0.39 is 0 Å². The van der Waals surface area contributed by atoms with Crippen LogP contribution in [0.2, 0.25) is 0 Å². The Morgan fingerprint density at radius 2 is 1.91 bits per heavy atom. The molecule has 0 amide bonds. The molecule has 0 spiro atoms. The number of nitrogens with zero attached hydrogens (tertiary/aromatic N) is 1. The molecule has 0 atom stereocenters. The van der Waals surface area contributed by atoms with Crippen LogP contribution in [0.15, 0.2) is 22.7 Å². The number of carbonyl (C=O) groups excluding carboxylic acids is 1. The first kappa shape index (κ1) is 14.3. The van der Waals surface area contributed by atoms with Gasteiger partial charge in [0.25, 0.3) is 0 Å². The molecule has 0 N–H and O–H groups in total. The smallest absolute Gasteiger partial charge is 0.168 e. The van der Waals surface area contributed by atoms with E-state index in [0.717, 1.165) is 29.2 Å². The van der Waals surface area contributed by atoms with E-state index in [9.17, 15) is 4.79 Å². The Kier molecular flexibility index (Phi) is 3.18.